The van der Waals surface area contributed by atoms with E-state index in [4.69, 9.17) is 5.73 Å². The van der Waals surface area contributed by atoms with Gasteiger partial charge in [-0.25, -0.2) is 4.98 Å². The van der Waals surface area contributed by atoms with Crippen LogP contribution in [0.25, 0.3) is 0 Å². The molecular formula is C10H12BrN3OS. The summed E-state index contributed by atoms with van der Waals surface area (Å²) in [6.07, 6.45) is 0.541. The standard InChI is InChI=1S/C10H12BrN3OS/c11-8-2-1-7(10(12)13-8)14-4-6(5-16)3-9(14)15/h1-2,6,16H,3-5H2,(H2,12,13). The normalized spacial score (nSPS) is 20.5. The number of thiol groups is 1. The van der Waals surface area contributed by atoms with Crippen LogP contribution in [0.4, 0.5) is 11.5 Å². The van der Waals surface area contributed by atoms with Crippen LogP contribution < -0.4 is 10.6 Å². The number of amides is 1. The first-order valence-corrected chi connectivity index (χ1v) is 6.37. The van der Waals surface area contributed by atoms with Crippen molar-refractivity contribution in [3.8, 4) is 0 Å². The maximum atomic E-state index is 11.8. The van der Waals surface area contributed by atoms with Gasteiger partial charge in [0.1, 0.15) is 10.4 Å². The first-order valence-electron chi connectivity index (χ1n) is 4.95. The van der Waals surface area contributed by atoms with E-state index in [2.05, 4.69) is 33.5 Å². The van der Waals surface area contributed by atoms with Crippen molar-refractivity contribution in [3.05, 3.63) is 16.7 Å². The van der Waals surface area contributed by atoms with E-state index < -0.39 is 0 Å². The van der Waals surface area contributed by atoms with Crippen LogP contribution in [0.2, 0.25) is 0 Å². The minimum Gasteiger partial charge on any atom is -0.382 e. The molecule has 4 nitrogen and oxygen atoms in total. The van der Waals surface area contributed by atoms with E-state index >= 15 is 0 Å². The molecule has 0 bridgehead atoms. The highest BCUT2D eigenvalue weighted by Crippen LogP contribution is 2.30. The first kappa shape index (κ1) is 11.7. The number of carbonyl (C=O) groups is 1. The molecule has 1 aromatic heterocycles. The fourth-order valence-electron chi connectivity index (χ4n) is 1.81. The molecule has 1 amide bonds. The van der Waals surface area contributed by atoms with E-state index in [-0.39, 0.29) is 5.91 Å². The molecule has 86 valence electrons. The Labute approximate surface area is 108 Å². The molecule has 0 saturated carbocycles. The van der Waals surface area contributed by atoms with Gasteiger partial charge in [-0.3, -0.25) is 4.79 Å². The Bertz CT molecular complexity index is 427. The fraction of sp³-hybridized carbons (Fsp3) is 0.400. The van der Waals surface area contributed by atoms with E-state index in [0.29, 0.717) is 40.7 Å². The maximum Gasteiger partial charge on any atom is 0.227 e. The van der Waals surface area contributed by atoms with Gasteiger partial charge < -0.3 is 10.6 Å². The molecule has 6 heteroatoms. The summed E-state index contributed by atoms with van der Waals surface area (Å²) >= 11 is 7.46. The fourth-order valence-corrected chi connectivity index (χ4v) is 2.38. The summed E-state index contributed by atoms with van der Waals surface area (Å²) in [5.41, 5.74) is 6.49. The highest BCUT2D eigenvalue weighted by Gasteiger charge is 2.30. The maximum absolute atomic E-state index is 11.8. The molecule has 1 fully saturated rings. The van der Waals surface area contributed by atoms with Gasteiger partial charge in [0, 0.05) is 13.0 Å². The lowest BCUT2D eigenvalue weighted by Gasteiger charge is -2.17. The third kappa shape index (κ3) is 2.17. The number of anilines is 2. The number of rotatable bonds is 2. The zero-order valence-electron chi connectivity index (χ0n) is 8.56. The molecule has 1 aliphatic rings. The van der Waals surface area contributed by atoms with Crippen molar-refractivity contribution < 1.29 is 4.79 Å². The van der Waals surface area contributed by atoms with Gasteiger partial charge in [0.05, 0.1) is 5.69 Å². The number of hydrogen-bond donors (Lipinski definition) is 2. The van der Waals surface area contributed by atoms with Crippen LogP contribution in [0.3, 0.4) is 0 Å². The molecule has 0 spiro atoms. The van der Waals surface area contributed by atoms with Crippen LogP contribution in [0.1, 0.15) is 6.42 Å². The van der Waals surface area contributed by atoms with Gasteiger partial charge in [-0.2, -0.15) is 12.6 Å². The third-order valence-electron chi connectivity index (χ3n) is 2.62. The number of nitrogens with zero attached hydrogens (tertiary/aromatic N) is 2. The molecule has 0 radical (unpaired) electrons. The van der Waals surface area contributed by atoms with Gasteiger partial charge in [-0.1, -0.05) is 0 Å². The predicted molar refractivity (Wildman–Crippen MR) is 70.7 cm³/mol. The topological polar surface area (TPSA) is 59.2 Å². The molecule has 1 aliphatic heterocycles. The number of nitrogens with two attached hydrogens (primary N) is 1. The second-order valence-electron chi connectivity index (χ2n) is 3.80. The highest BCUT2D eigenvalue weighted by molar-refractivity contribution is 9.10. The third-order valence-corrected chi connectivity index (χ3v) is 3.58. The van der Waals surface area contributed by atoms with Crippen molar-refractivity contribution in [1.29, 1.82) is 0 Å². The number of halogens is 1. The van der Waals surface area contributed by atoms with Gasteiger partial charge in [-0.15, -0.1) is 0 Å². The summed E-state index contributed by atoms with van der Waals surface area (Å²) in [5, 5.41) is 0. The average Bonchev–Trinajstić information content (AvgIpc) is 2.60. The van der Waals surface area contributed by atoms with Gasteiger partial charge in [0.25, 0.3) is 0 Å². The van der Waals surface area contributed by atoms with Crippen LogP contribution in [0, 0.1) is 5.92 Å². The number of hydrogen-bond acceptors (Lipinski definition) is 4. The Kier molecular flexibility index (Phi) is 3.39. The number of nitrogen functional groups attached to an aromatic ring is 1. The molecule has 1 aromatic rings. The van der Waals surface area contributed by atoms with Gasteiger partial charge in [0.2, 0.25) is 5.91 Å². The lowest BCUT2D eigenvalue weighted by atomic mass is 10.1. The van der Waals surface area contributed by atoms with E-state index in [1.807, 2.05) is 6.07 Å². The van der Waals surface area contributed by atoms with Crippen molar-refractivity contribution in [1.82, 2.24) is 4.98 Å². The summed E-state index contributed by atoms with van der Waals surface area (Å²) in [6, 6.07) is 3.60. The minimum atomic E-state index is 0.0925. The van der Waals surface area contributed by atoms with E-state index in [9.17, 15) is 4.79 Å². The number of pyridine rings is 1. The molecule has 16 heavy (non-hydrogen) atoms. The Morgan fingerprint density at radius 1 is 1.62 bits per heavy atom. The summed E-state index contributed by atoms with van der Waals surface area (Å²) in [5.74, 6) is 1.49. The molecule has 2 N–H and O–H groups in total. The van der Waals surface area contributed by atoms with Crippen molar-refractivity contribution >= 4 is 46.0 Å². The lowest BCUT2D eigenvalue weighted by molar-refractivity contribution is -0.117. The Hall–Kier alpha value is -0.750. The van der Waals surface area contributed by atoms with Crippen LogP contribution in [-0.2, 0) is 4.79 Å². The lowest BCUT2D eigenvalue weighted by Crippen LogP contribution is -2.25. The van der Waals surface area contributed by atoms with E-state index in [1.54, 1.807) is 11.0 Å². The summed E-state index contributed by atoms with van der Waals surface area (Å²) in [6.45, 7) is 0.676. The van der Waals surface area contributed by atoms with Crippen molar-refractivity contribution in [2.75, 3.05) is 22.9 Å². The molecule has 0 aliphatic carbocycles. The van der Waals surface area contributed by atoms with Gasteiger partial charge in [-0.05, 0) is 39.7 Å². The number of carbonyl (C=O) groups excluding carboxylic acids is 1. The smallest absolute Gasteiger partial charge is 0.227 e. The predicted octanol–water partition coefficient (Wildman–Crippen LogP) is 1.71. The quantitative estimate of drug-likeness (QED) is 0.646. The molecule has 2 heterocycles. The molecule has 1 saturated heterocycles. The largest absolute Gasteiger partial charge is 0.382 e. The zero-order chi connectivity index (χ0) is 11.7. The van der Waals surface area contributed by atoms with Crippen LogP contribution in [0.5, 0.6) is 0 Å². The van der Waals surface area contributed by atoms with E-state index in [1.165, 1.54) is 0 Å². The summed E-state index contributed by atoms with van der Waals surface area (Å²) in [4.78, 5) is 17.6. The van der Waals surface area contributed by atoms with Crippen molar-refractivity contribution in [2.24, 2.45) is 5.92 Å². The molecule has 0 aromatic carbocycles. The second kappa shape index (κ2) is 4.63. The Balaban J connectivity index is 2.28. The molecule has 1 unspecified atom stereocenters. The summed E-state index contributed by atoms with van der Waals surface area (Å²) in [7, 11) is 0. The minimum absolute atomic E-state index is 0.0925. The monoisotopic (exact) mass is 301 g/mol. The SMILES string of the molecule is Nc1nc(Br)ccc1N1CC(CS)CC1=O. The second-order valence-corrected chi connectivity index (χ2v) is 4.97. The van der Waals surface area contributed by atoms with Crippen LogP contribution in [-0.4, -0.2) is 23.2 Å². The molecule has 2 rings (SSSR count). The number of aromatic nitrogens is 1. The Morgan fingerprint density at radius 2 is 2.38 bits per heavy atom. The summed E-state index contributed by atoms with van der Waals surface area (Å²) < 4.78 is 0.672. The van der Waals surface area contributed by atoms with Crippen LogP contribution >= 0.6 is 28.6 Å². The molecular weight excluding hydrogens is 290 g/mol. The van der Waals surface area contributed by atoms with E-state index in [0.717, 1.165) is 0 Å². The van der Waals surface area contributed by atoms with Gasteiger partial charge in [0.15, 0.2) is 0 Å². The van der Waals surface area contributed by atoms with Crippen molar-refractivity contribution in [2.45, 2.75) is 6.42 Å². The van der Waals surface area contributed by atoms with Gasteiger partial charge >= 0.3 is 0 Å². The average molecular weight is 302 g/mol. The first-order chi connectivity index (χ1) is 7.61. The Morgan fingerprint density at radius 3 is 2.94 bits per heavy atom. The van der Waals surface area contributed by atoms with Crippen LogP contribution in [0.15, 0.2) is 16.7 Å². The zero-order valence-corrected chi connectivity index (χ0v) is 11.0. The highest BCUT2D eigenvalue weighted by atomic mass is 79.9. The molecule has 1 atom stereocenters. The van der Waals surface area contributed by atoms with Crippen molar-refractivity contribution in [3.63, 3.8) is 0 Å².